The lowest BCUT2D eigenvalue weighted by atomic mass is 9.76. The van der Waals surface area contributed by atoms with Gasteiger partial charge in [0.2, 0.25) is 0 Å². The number of carbonyl (C=O) groups is 1. The fraction of sp³-hybridized carbons (Fsp3) is 0.500. The van der Waals surface area contributed by atoms with Crippen molar-refractivity contribution in [2.45, 2.75) is 39.2 Å². The third-order valence-electron chi connectivity index (χ3n) is 3.51. The molecule has 102 valence electrons. The van der Waals surface area contributed by atoms with Crippen LogP contribution < -0.4 is 4.99 Å². The Balaban J connectivity index is 2.00. The summed E-state index contributed by atoms with van der Waals surface area (Å²) in [5.41, 5.74) is 1.99. The highest BCUT2D eigenvalue weighted by Gasteiger charge is 2.33. The first kappa shape index (κ1) is 13.9. The third-order valence-corrected chi connectivity index (χ3v) is 3.51. The van der Waals surface area contributed by atoms with Gasteiger partial charge >= 0.3 is 0 Å². The molecule has 0 bridgehead atoms. The van der Waals surface area contributed by atoms with E-state index in [0.29, 0.717) is 19.4 Å². The standard InChI is InChI=1S/C16H21NO2/c1-16(2)9-13(8-14(18)10-16)17-11-15(19)12-6-4-3-5-7-12/h3-7,15,19H,8-11H2,1-2H3/p+1/t15-/m0/s1. The molecular weight excluding hydrogens is 238 g/mol. The van der Waals surface area contributed by atoms with E-state index in [9.17, 15) is 9.90 Å². The van der Waals surface area contributed by atoms with Crippen LogP contribution in [0, 0.1) is 5.41 Å². The van der Waals surface area contributed by atoms with Crippen molar-refractivity contribution in [3.05, 3.63) is 35.9 Å². The zero-order valence-electron chi connectivity index (χ0n) is 11.6. The summed E-state index contributed by atoms with van der Waals surface area (Å²) in [7, 11) is 0. The van der Waals surface area contributed by atoms with E-state index in [0.717, 1.165) is 17.7 Å². The normalized spacial score (nSPS) is 22.5. The lowest BCUT2D eigenvalue weighted by Crippen LogP contribution is -2.75. The van der Waals surface area contributed by atoms with E-state index in [-0.39, 0.29) is 11.2 Å². The minimum Gasteiger partial charge on any atom is -0.382 e. The molecule has 3 heteroatoms. The summed E-state index contributed by atoms with van der Waals surface area (Å²) in [5, 5.41) is 10.1. The highest BCUT2D eigenvalue weighted by Crippen LogP contribution is 2.30. The van der Waals surface area contributed by atoms with E-state index in [4.69, 9.17) is 0 Å². The molecule has 0 amide bonds. The van der Waals surface area contributed by atoms with Gasteiger partial charge in [-0.05, 0) is 11.0 Å². The number of nitrogens with one attached hydrogen (secondary N) is 1. The number of Topliss-reactive ketones (excluding diaryl/α,β-unsaturated/α-hetero) is 1. The second kappa shape index (κ2) is 5.66. The van der Waals surface area contributed by atoms with Gasteiger partial charge in [-0.3, -0.25) is 4.79 Å². The van der Waals surface area contributed by atoms with Crippen LogP contribution in [-0.2, 0) is 4.79 Å². The van der Waals surface area contributed by atoms with Crippen LogP contribution in [-0.4, -0.2) is 23.1 Å². The largest absolute Gasteiger partial charge is 0.382 e. The lowest BCUT2D eigenvalue weighted by Gasteiger charge is -2.26. The maximum atomic E-state index is 11.7. The number of hydrogen-bond donors (Lipinski definition) is 2. The highest BCUT2D eigenvalue weighted by molar-refractivity contribution is 6.02. The summed E-state index contributed by atoms with van der Waals surface area (Å²) in [6.45, 7) is 4.68. The maximum absolute atomic E-state index is 11.7. The summed E-state index contributed by atoms with van der Waals surface area (Å²) in [5.74, 6) is 0.285. The van der Waals surface area contributed by atoms with E-state index in [2.05, 4.69) is 18.8 Å². The smallest absolute Gasteiger partial charge is 0.170 e. The maximum Gasteiger partial charge on any atom is 0.170 e. The van der Waals surface area contributed by atoms with Gasteiger partial charge < -0.3 is 5.11 Å². The van der Waals surface area contributed by atoms with E-state index < -0.39 is 6.10 Å². The fourth-order valence-electron chi connectivity index (χ4n) is 2.70. The molecule has 1 atom stereocenters. The van der Waals surface area contributed by atoms with Crippen molar-refractivity contribution in [2.75, 3.05) is 6.54 Å². The van der Waals surface area contributed by atoms with Crippen LogP contribution >= 0.6 is 0 Å². The molecule has 0 saturated heterocycles. The van der Waals surface area contributed by atoms with Crippen LogP contribution in [0.2, 0.25) is 0 Å². The molecule has 0 unspecified atom stereocenters. The Morgan fingerprint density at radius 2 is 1.95 bits per heavy atom. The Morgan fingerprint density at radius 1 is 1.26 bits per heavy atom. The summed E-state index contributed by atoms with van der Waals surface area (Å²) in [6, 6.07) is 9.58. The Kier molecular flexibility index (Phi) is 4.15. The molecule has 1 aromatic rings. The molecule has 0 spiro atoms. The van der Waals surface area contributed by atoms with Crippen molar-refractivity contribution >= 4 is 11.5 Å². The van der Waals surface area contributed by atoms with E-state index in [1.807, 2.05) is 30.3 Å². The minimum atomic E-state index is -0.533. The molecule has 0 aliphatic heterocycles. The molecule has 1 aliphatic rings. The molecule has 0 radical (unpaired) electrons. The van der Waals surface area contributed by atoms with Crippen LogP contribution in [0.4, 0.5) is 0 Å². The van der Waals surface area contributed by atoms with Crippen LogP contribution in [0.3, 0.4) is 0 Å². The Hall–Kier alpha value is -1.48. The molecular formula is C16H22NO2+. The molecule has 1 aromatic carbocycles. The monoisotopic (exact) mass is 260 g/mol. The molecule has 2 rings (SSSR count). The van der Waals surface area contributed by atoms with Gasteiger partial charge in [-0.15, -0.1) is 0 Å². The number of hydrogen-bond acceptors (Lipinski definition) is 2. The van der Waals surface area contributed by atoms with Gasteiger partial charge in [-0.2, -0.15) is 0 Å². The predicted molar refractivity (Wildman–Crippen MR) is 74.9 cm³/mol. The number of carbonyl (C=O) groups excluding carboxylic acids is 1. The van der Waals surface area contributed by atoms with Gasteiger partial charge in [0.1, 0.15) is 11.9 Å². The first-order chi connectivity index (χ1) is 8.96. The van der Waals surface area contributed by atoms with Gasteiger partial charge in [0.05, 0.1) is 6.42 Å². The number of benzene rings is 1. The van der Waals surface area contributed by atoms with Gasteiger partial charge in [-0.25, -0.2) is 4.99 Å². The predicted octanol–water partition coefficient (Wildman–Crippen LogP) is 1.02. The summed E-state index contributed by atoms with van der Waals surface area (Å²) in [6.07, 6.45) is 1.53. The second-order valence-corrected chi connectivity index (χ2v) is 6.14. The quantitative estimate of drug-likeness (QED) is 0.852. The minimum absolute atomic E-state index is 0.0371. The Bertz CT molecular complexity index is 477. The SMILES string of the molecule is CC1(C)CC(=O)CC(=[NH+]C[C@H](O)c2ccccc2)C1. The zero-order chi connectivity index (χ0) is 13.9. The van der Waals surface area contributed by atoms with Gasteiger partial charge in [0.15, 0.2) is 12.3 Å². The van der Waals surface area contributed by atoms with E-state index >= 15 is 0 Å². The highest BCUT2D eigenvalue weighted by atomic mass is 16.3. The van der Waals surface area contributed by atoms with E-state index in [1.165, 1.54) is 0 Å². The summed E-state index contributed by atoms with van der Waals surface area (Å²) < 4.78 is 0. The van der Waals surface area contributed by atoms with Crippen molar-refractivity contribution in [3.8, 4) is 0 Å². The summed E-state index contributed by atoms with van der Waals surface area (Å²) in [4.78, 5) is 14.9. The molecule has 2 N–H and O–H groups in total. The summed E-state index contributed by atoms with van der Waals surface area (Å²) >= 11 is 0. The number of ketones is 1. The Morgan fingerprint density at radius 3 is 2.58 bits per heavy atom. The van der Waals surface area contributed by atoms with Crippen LogP contribution in [0.15, 0.2) is 30.3 Å². The average molecular weight is 260 g/mol. The van der Waals surface area contributed by atoms with E-state index in [1.54, 1.807) is 0 Å². The molecule has 19 heavy (non-hydrogen) atoms. The molecule has 0 heterocycles. The lowest BCUT2D eigenvalue weighted by molar-refractivity contribution is -0.473. The van der Waals surface area contributed by atoms with Crippen LogP contribution in [0.25, 0.3) is 0 Å². The van der Waals surface area contributed by atoms with Crippen molar-refractivity contribution < 1.29 is 14.9 Å². The number of aliphatic hydroxyl groups excluding tert-OH is 1. The molecule has 1 saturated carbocycles. The molecule has 1 fully saturated rings. The number of aliphatic hydroxyl groups is 1. The molecule has 3 nitrogen and oxygen atoms in total. The first-order valence-corrected chi connectivity index (χ1v) is 6.79. The Labute approximate surface area is 114 Å². The fourth-order valence-corrected chi connectivity index (χ4v) is 2.70. The van der Waals surface area contributed by atoms with Gasteiger partial charge in [-0.1, -0.05) is 44.2 Å². The third kappa shape index (κ3) is 4.00. The first-order valence-electron chi connectivity index (χ1n) is 6.79. The average Bonchev–Trinajstić information content (AvgIpc) is 2.34. The van der Waals surface area contributed by atoms with Gasteiger partial charge in [0, 0.05) is 12.8 Å². The van der Waals surface area contributed by atoms with Crippen molar-refractivity contribution in [1.29, 1.82) is 0 Å². The van der Waals surface area contributed by atoms with Gasteiger partial charge in [0.25, 0.3) is 0 Å². The van der Waals surface area contributed by atoms with Crippen LogP contribution in [0.1, 0.15) is 44.8 Å². The number of rotatable bonds is 3. The van der Waals surface area contributed by atoms with Crippen molar-refractivity contribution in [3.63, 3.8) is 0 Å². The van der Waals surface area contributed by atoms with Crippen molar-refractivity contribution in [2.24, 2.45) is 5.41 Å². The van der Waals surface area contributed by atoms with Crippen molar-refractivity contribution in [1.82, 2.24) is 0 Å². The molecule has 1 aliphatic carbocycles. The topological polar surface area (TPSA) is 51.3 Å². The zero-order valence-corrected chi connectivity index (χ0v) is 11.6. The van der Waals surface area contributed by atoms with Crippen LogP contribution in [0.5, 0.6) is 0 Å². The second-order valence-electron chi connectivity index (χ2n) is 6.14. The molecule has 0 aromatic heterocycles.